The monoisotopic (exact) mass is 394 g/mol. The fraction of sp³-hybridized carbons (Fsp3) is 0.294. The predicted octanol–water partition coefficient (Wildman–Crippen LogP) is 3.43. The van der Waals surface area contributed by atoms with Gasteiger partial charge in [-0.3, -0.25) is 20.2 Å². The molecule has 0 saturated carbocycles. The topological polar surface area (TPSA) is 102 Å². The van der Waals surface area contributed by atoms with Gasteiger partial charge in [-0.05, 0) is 12.1 Å². The van der Waals surface area contributed by atoms with E-state index in [9.17, 15) is 29.0 Å². The van der Waals surface area contributed by atoms with Crippen LogP contribution in [0.5, 0.6) is 5.75 Å². The number of nitrogens with zero attached hydrogens (tertiary/aromatic N) is 4. The Morgan fingerprint density at radius 2 is 1.50 bits per heavy atom. The summed E-state index contributed by atoms with van der Waals surface area (Å²) in [4.78, 5) is 24.5. The second kappa shape index (κ2) is 8.03. The number of hydrogen-bond donors (Lipinski definition) is 0. The summed E-state index contributed by atoms with van der Waals surface area (Å²) in [5, 5.41) is 21.9. The van der Waals surface area contributed by atoms with Gasteiger partial charge in [-0.2, -0.15) is 8.78 Å². The Bertz CT molecular complexity index is 888. The molecule has 9 nitrogen and oxygen atoms in total. The number of alkyl halides is 2. The maximum Gasteiger partial charge on any atom is 0.387 e. The van der Waals surface area contributed by atoms with Gasteiger partial charge in [0.25, 0.3) is 5.69 Å². The van der Waals surface area contributed by atoms with E-state index in [0.717, 1.165) is 11.8 Å². The summed E-state index contributed by atoms with van der Waals surface area (Å²) in [6, 6.07) is 10.2. The van der Waals surface area contributed by atoms with Crippen molar-refractivity contribution >= 4 is 22.7 Å². The van der Waals surface area contributed by atoms with Crippen molar-refractivity contribution in [3.63, 3.8) is 0 Å². The molecule has 0 spiro atoms. The van der Waals surface area contributed by atoms with Crippen LogP contribution in [0.15, 0.2) is 42.5 Å². The molecule has 148 valence electrons. The number of nitro groups is 2. The third kappa shape index (κ3) is 4.24. The summed E-state index contributed by atoms with van der Waals surface area (Å²) < 4.78 is 29.4. The first kappa shape index (κ1) is 19.3. The number of anilines is 2. The number of piperazine rings is 1. The molecule has 1 aliphatic rings. The Kier molecular flexibility index (Phi) is 5.52. The van der Waals surface area contributed by atoms with E-state index < -0.39 is 27.9 Å². The molecule has 0 N–H and O–H groups in total. The van der Waals surface area contributed by atoms with Gasteiger partial charge in [0.05, 0.1) is 9.85 Å². The summed E-state index contributed by atoms with van der Waals surface area (Å²) in [5.74, 6) is -0.487. The number of halogens is 2. The Morgan fingerprint density at radius 1 is 0.893 bits per heavy atom. The number of nitro benzene ring substituents is 2. The summed E-state index contributed by atoms with van der Waals surface area (Å²) in [6.45, 7) is -1.06. The minimum atomic E-state index is -3.17. The van der Waals surface area contributed by atoms with Gasteiger partial charge in [0.15, 0.2) is 0 Å². The summed E-state index contributed by atoms with van der Waals surface area (Å²) in [6.07, 6.45) is 0. The molecule has 28 heavy (non-hydrogen) atoms. The summed E-state index contributed by atoms with van der Waals surface area (Å²) in [7, 11) is 0. The number of hydrogen-bond acceptors (Lipinski definition) is 7. The normalized spacial score (nSPS) is 14.2. The van der Waals surface area contributed by atoms with Crippen LogP contribution < -0.4 is 14.5 Å². The van der Waals surface area contributed by atoms with Gasteiger partial charge in [0.2, 0.25) is 5.75 Å². The number of rotatable bonds is 6. The van der Waals surface area contributed by atoms with E-state index in [1.165, 1.54) is 24.3 Å². The Morgan fingerprint density at radius 3 is 2.04 bits per heavy atom. The highest BCUT2D eigenvalue weighted by molar-refractivity contribution is 5.61. The Labute approximate surface area is 158 Å². The first-order valence-corrected chi connectivity index (χ1v) is 8.33. The average Bonchev–Trinajstić information content (AvgIpc) is 2.67. The van der Waals surface area contributed by atoms with E-state index in [4.69, 9.17) is 0 Å². The zero-order valence-electron chi connectivity index (χ0n) is 14.5. The van der Waals surface area contributed by atoms with E-state index in [1.807, 2.05) is 9.80 Å². The second-order valence-corrected chi connectivity index (χ2v) is 6.04. The van der Waals surface area contributed by atoms with E-state index in [1.54, 1.807) is 12.1 Å². The Hall–Kier alpha value is -3.50. The molecule has 0 atom stereocenters. The van der Waals surface area contributed by atoms with Crippen LogP contribution in [0.3, 0.4) is 0 Å². The average molecular weight is 394 g/mol. The van der Waals surface area contributed by atoms with Crippen LogP contribution in [0.1, 0.15) is 0 Å². The van der Waals surface area contributed by atoms with Gasteiger partial charge in [0.1, 0.15) is 0 Å². The molecule has 11 heteroatoms. The van der Waals surface area contributed by atoms with Crippen LogP contribution in [-0.2, 0) is 0 Å². The van der Waals surface area contributed by atoms with Gasteiger partial charge >= 0.3 is 12.3 Å². The first-order valence-electron chi connectivity index (χ1n) is 8.33. The van der Waals surface area contributed by atoms with E-state index in [-0.39, 0.29) is 5.69 Å². The molecule has 1 aliphatic heterocycles. The van der Waals surface area contributed by atoms with Crippen molar-refractivity contribution in [3.05, 3.63) is 62.7 Å². The number of non-ortho nitro benzene ring substituents is 1. The van der Waals surface area contributed by atoms with Gasteiger partial charge in [-0.1, -0.05) is 6.07 Å². The van der Waals surface area contributed by atoms with Crippen LogP contribution in [0.2, 0.25) is 0 Å². The van der Waals surface area contributed by atoms with E-state index in [0.29, 0.717) is 31.9 Å². The lowest BCUT2D eigenvalue weighted by molar-refractivity contribution is -0.386. The maximum absolute atomic E-state index is 12.6. The summed E-state index contributed by atoms with van der Waals surface area (Å²) >= 11 is 0. The van der Waals surface area contributed by atoms with Crippen molar-refractivity contribution in [2.24, 2.45) is 0 Å². The van der Waals surface area contributed by atoms with Crippen molar-refractivity contribution in [1.82, 2.24) is 0 Å². The largest absolute Gasteiger partial charge is 0.427 e. The zero-order valence-corrected chi connectivity index (χ0v) is 14.5. The molecule has 1 saturated heterocycles. The minimum absolute atomic E-state index is 0.00379. The van der Waals surface area contributed by atoms with Crippen LogP contribution >= 0.6 is 0 Å². The fourth-order valence-corrected chi connectivity index (χ4v) is 3.07. The highest BCUT2D eigenvalue weighted by Crippen LogP contribution is 2.33. The maximum atomic E-state index is 12.6. The van der Waals surface area contributed by atoms with Crippen molar-refractivity contribution in [1.29, 1.82) is 0 Å². The second-order valence-electron chi connectivity index (χ2n) is 6.04. The van der Waals surface area contributed by atoms with Crippen molar-refractivity contribution in [2.45, 2.75) is 6.61 Å². The molecule has 0 aromatic heterocycles. The quantitative estimate of drug-likeness (QED) is 0.546. The lowest BCUT2D eigenvalue weighted by Gasteiger charge is -2.37. The van der Waals surface area contributed by atoms with E-state index >= 15 is 0 Å². The molecule has 2 aromatic carbocycles. The molecule has 0 bridgehead atoms. The molecular formula is C17H16F2N4O5. The SMILES string of the molecule is O=[N+]([O-])c1cccc(N2CCN(c3ccc([N+](=O)[O-])c(OC(F)F)c3)CC2)c1. The highest BCUT2D eigenvalue weighted by atomic mass is 19.3. The highest BCUT2D eigenvalue weighted by Gasteiger charge is 2.23. The lowest BCUT2D eigenvalue weighted by Crippen LogP contribution is -2.46. The third-order valence-corrected chi connectivity index (χ3v) is 4.41. The first-order chi connectivity index (χ1) is 13.3. The molecule has 1 fully saturated rings. The van der Waals surface area contributed by atoms with E-state index in [2.05, 4.69) is 4.74 Å². The van der Waals surface area contributed by atoms with Crippen LogP contribution in [-0.4, -0.2) is 42.6 Å². The smallest absolute Gasteiger partial charge is 0.387 e. The van der Waals surface area contributed by atoms with Crippen LogP contribution in [0.4, 0.5) is 31.5 Å². The van der Waals surface area contributed by atoms with Crippen LogP contribution in [0.25, 0.3) is 0 Å². The van der Waals surface area contributed by atoms with Gasteiger partial charge in [-0.25, -0.2) is 0 Å². The van der Waals surface area contributed by atoms with Crippen molar-refractivity contribution < 1.29 is 23.4 Å². The molecule has 1 heterocycles. The van der Waals surface area contributed by atoms with Crippen molar-refractivity contribution in [3.8, 4) is 5.75 Å². The predicted molar refractivity (Wildman–Crippen MR) is 97.3 cm³/mol. The number of ether oxygens (including phenoxy) is 1. The molecule has 0 radical (unpaired) electrons. The Balaban J connectivity index is 1.73. The molecular weight excluding hydrogens is 378 g/mol. The molecule has 0 aliphatic carbocycles. The molecule has 3 rings (SSSR count). The molecule has 0 unspecified atom stereocenters. The van der Waals surface area contributed by atoms with Gasteiger partial charge in [-0.15, -0.1) is 0 Å². The zero-order chi connectivity index (χ0) is 20.3. The number of benzene rings is 2. The third-order valence-electron chi connectivity index (χ3n) is 4.41. The van der Waals surface area contributed by atoms with Gasteiger partial charge < -0.3 is 14.5 Å². The fourth-order valence-electron chi connectivity index (χ4n) is 3.07. The van der Waals surface area contributed by atoms with Gasteiger partial charge in [0, 0.05) is 61.8 Å². The van der Waals surface area contributed by atoms with Crippen molar-refractivity contribution in [2.75, 3.05) is 36.0 Å². The standard InChI is InChI=1S/C17H16F2N4O5/c18-17(19)28-16-11-13(4-5-15(16)23(26)27)21-8-6-20(7-9-21)12-2-1-3-14(10-12)22(24)25/h1-5,10-11,17H,6-9H2. The molecule has 2 aromatic rings. The molecule has 0 amide bonds. The summed E-state index contributed by atoms with van der Waals surface area (Å²) in [5.41, 5.74) is 0.725. The lowest BCUT2D eigenvalue weighted by atomic mass is 10.2. The minimum Gasteiger partial charge on any atom is -0.427 e. The van der Waals surface area contributed by atoms with Crippen LogP contribution in [0, 0.1) is 20.2 Å².